The van der Waals surface area contributed by atoms with Gasteiger partial charge in [-0.1, -0.05) is 18.2 Å². The smallest absolute Gasteiger partial charge is 0.270 e. The Kier molecular flexibility index (Phi) is 4.76. The Hall–Kier alpha value is -2.41. The second-order valence-corrected chi connectivity index (χ2v) is 8.63. The fourth-order valence-corrected chi connectivity index (χ4v) is 4.60. The highest BCUT2D eigenvalue weighted by molar-refractivity contribution is 7.91. The maximum Gasteiger partial charge on any atom is 0.270 e. The van der Waals surface area contributed by atoms with Gasteiger partial charge in [-0.05, 0) is 43.5 Å². The number of aromatic nitrogens is 1. The Labute approximate surface area is 147 Å². The Morgan fingerprint density at radius 3 is 2.44 bits per heavy atom. The van der Waals surface area contributed by atoms with Crippen molar-refractivity contribution in [2.24, 2.45) is 0 Å². The molecule has 1 fully saturated rings. The fourth-order valence-electron chi connectivity index (χ4n) is 2.93. The summed E-state index contributed by atoms with van der Waals surface area (Å²) in [7, 11) is -3.02. The molecule has 1 unspecified atom stereocenters. The standard InChI is InChI=1S/C18H21N3O3S/c1-12-4-3-5-13(2)17(12)20-14-6-7-16(19-10-14)18(22)21-15-8-9-25(23,24)11-15/h3-7,10,15,20H,8-9,11H2,1-2H3,(H,21,22). The number of hydrogen-bond acceptors (Lipinski definition) is 5. The molecule has 1 aliphatic rings. The number of nitrogens with one attached hydrogen (secondary N) is 2. The summed E-state index contributed by atoms with van der Waals surface area (Å²) < 4.78 is 22.9. The van der Waals surface area contributed by atoms with Gasteiger partial charge in [-0.25, -0.2) is 13.4 Å². The summed E-state index contributed by atoms with van der Waals surface area (Å²) in [6, 6.07) is 9.16. The van der Waals surface area contributed by atoms with Crippen molar-refractivity contribution in [2.45, 2.75) is 26.3 Å². The predicted molar refractivity (Wildman–Crippen MR) is 98.0 cm³/mol. The van der Waals surface area contributed by atoms with Gasteiger partial charge in [0.1, 0.15) is 5.69 Å². The summed E-state index contributed by atoms with van der Waals surface area (Å²) in [5.74, 6) is -0.213. The lowest BCUT2D eigenvalue weighted by Gasteiger charge is -2.13. The zero-order valence-electron chi connectivity index (χ0n) is 14.2. The maximum absolute atomic E-state index is 12.2. The van der Waals surface area contributed by atoms with E-state index in [4.69, 9.17) is 0 Å². The topological polar surface area (TPSA) is 88.2 Å². The van der Waals surface area contributed by atoms with E-state index in [-0.39, 0.29) is 29.1 Å². The van der Waals surface area contributed by atoms with Crippen LogP contribution in [0.3, 0.4) is 0 Å². The highest BCUT2D eigenvalue weighted by atomic mass is 32.2. The number of sulfone groups is 1. The van der Waals surface area contributed by atoms with Gasteiger partial charge in [0.15, 0.2) is 9.84 Å². The number of anilines is 2. The third-order valence-electron chi connectivity index (χ3n) is 4.31. The average molecular weight is 359 g/mol. The van der Waals surface area contributed by atoms with Crippen LogP contribution in [0.1, 0.15) is 28.0 Å². The third-order valence-corrected chi connectivity index (χ3v) is 6.08. The molecule has 1 atom stereocenters. The van der Waals surface area contributed by atoms with Crippen molar-refractivity contribution in [3.05, 3.63) is 53.3 Å². The summed E-state index contributed by atoms with van der Waals surface area (Å²) in [4.78, 5) is 16.4. The molecule has 0 bridgehead atoms. The molecule has 7 heteroatoms. The van der Waals surface area contributed by atoms with Crippen molar-refractivity contribution >= 4 is 27.1 Å². The summed E-state index contributed by atoms with van der Waals surface area (Å²) in [5.41, 5.74) is 4.35. The van der Waals surface area contributed by atoms with Crippen LogP contribution in [0.25, 0.3) is 0 Å². The second kappa shape index (κ2) is 6.84. The Balaban J connectivity index is 1.67. The van der Waals surface area contributed by atoms with Crippen LogP contribution in [0, 0.1) is 13.8 Å². The van der Waals surface area contributed by atoms with Crippen LogP contribution in [-0.2, 0) is 9.84 Å². The summed E-state index contributed by atoms with van der Waals surface area (Å²) >= 11 is 0. The van der Waals surface area contributed by atoms with Gasteiger partial charge in [0.25, 0.3) is 5.91 Å². The van der Waals surface area contributed by atoms with Gasteiger partial charge in [-0.2, -0.15) is 0 Å². The molecule has 2 aromatic rings. The van der Waals surface area contributed by atoms with E-state index in [1.54, 1.807) is 18.3 Å². The summed E-state index contributed by atoms with van der Waals surface area (Å²) in [6.45, 7) is 4.06. The molecule has 132 valence electrons. The minimum Gasteiger partial charge on any atom is -0.354 e. The van der Waals surface area contributed by atoms with E-state index in [1.807, 2.05) is 32.0 Å². The van der Waals surface area contributed by atoms with Gasteiger partial charge in [0, 0.05) is 11.7 Å². The van der Waals surface area contributed by atoms with Crippen molar-refractivity contribution in [3.63, 3.8) is 0 Å². The third kappa shape index (κ3) is 4.17. The Morgan fingerprint density at radius 1 is 1.16 bits per heavy atom. The maximum atomic E-state index is 12.2. The van der Waals surface area contributed by atoms with Crippen LogP contribution in [0.15, 0.2) is 36.5 Å². The van der Waals surface area contributed by atoms with E-state index in [9.17, 15) is 13.2 Å². The number of amides is 1. The first-order valence-electron chi connectivity index (χ1n) is 8.15. The van der Waals surface area contributed by atoms with Gasteiger partial charge in [0.2, 0.25) is 0 Å². The lowest BCUT2D eigenvalue weighted by Crippen LogP contribution is -2.36. The number of nitrogens with zero attached hydrogens (tertiary/aromatic N) is 1. The lowest BCUT2D eigenvalue weighted by molar-refractivity contribution is 0.0936. The summed E-state index contributed by atoms with van der Waals surface area (Å²) in [5, 5.41) is 6.05. The predicted octanol–water partition coefficient (Wildman–Crippen LogP) is 2.36. The number of carbonyl (C=O) groups excluding carboxylic acids is 1. The Bertz CT molecular complexity index is 872. The van der Waals surface area contributed by atoms with Gasteiger partial charge in [0.05, 0.1) is 23.4 Å². The largest absolute Gasteiger partial charge is 0.354 e. The minimum absolute atomic E-state index is 0.00490. The molecule has 2 N–H and O–H groups in total. The van der Waals surface area contributed by atoms with Crippen molar-refractivity contribution in [3.8, 4) is 0 Å². The fraction of sp³-hybridized carbons (Fsp3) is 0.333. The van der Waals surface area contributed by atoms with E-state index in [0.29, 0.717) is 6.42 Å². The molecule has 6 nitrogen and oxygen atoms in total. The second-order valence-electron chi connectivity index (χ2n) is 6.40. The number of hydrogen-bond donors (Lipinski definition) is 2. The highest BCUT2D eigenvalue weighted by Crippen LogP contribution is 2.24. The van der Waals surface area contributed by atoms with Gasteiger partial charge in [-0.3, -0.25) is 4.79 Å². The van der Waals surface area contributed by atoms with Gasteiger partial charge in [-0.15, -0.1) is 0 Å². The van der Waals surface area contributed by atoms with Gasteiger partial charge >= 0.3 is 0 Å². The van der Waals surface area contributed by atoms with Crippen LogP contribution in [0.4, 0.5) is 11.4 Å². The summed E-state index contributed by atoms with van der Waals surface area (Å²) in [6.07, 6.45) is 2.06. The molecule has 0 spiro atoms. The van der Waals surface area contributed by atoms with Crippen LogP contribution in [0.5, 0.6) is 0 Å². The SMILES string of the molecule is Cc1cccc(C)c1Nc1ccc(C(=O)NC2CCS(=O)(=O)C2)nc1. The molecule has 1 amide bonds. The minimum atomic E-state index is -3.02. The molecule has 0 aliphatic carbocycles. The highest BCUT2D eigenvalue weighted by Gasteiger charge is 2.29. The average Bonchev–Trinajstić information content (AvgIpc) is 2.90. The first kappa shape index (κ1) is 17.4. The van der Waals surface area contributed by atoms with Crippen molar-refractivity contribution in [1.29, 1.82) is 0 Å². The Morgan fingerprint density at radius 2 is 1.88 bits per heavy atom. The molecule has 0 saturated carbocycles. The molecule has 2 heterocycles. The van der Waals surface area contributed by atoms with Crippen LogP contribution >= 0.6 is 0 Å². The lowest BCUT2D eigenvalue weighted by atomic mass is 10.1. The number of benzene rings is 1. The van der Waals surface area contributed by atoms with Crippen LogP contribution in [-0.4, -0.2) is 36.9 Å². The van der Waals surface area contributed by atoms with Crippen LogP contribution in [0.2, 0.25) is 0 Å². The first-order chi connectivity index (χ1) is 11.8. The van der Waals surface area contributed by atoms with Crippen molar-refractivity contribution in [2.75, 3.05) is 16.8 Å². The van der Waals surface area contributed by atoms with Crippen LogP contribution < -0.4 is 10.6 Å². The van der Waals surface area contributed by atoms with E-state index < -0.39 is 9.84 Å². The molecule has 1 aliphatic heterocycles. The quantitative estimate of drug-likeness (QED) is 0.875. The van der Waals surface area contributed by atoms with Gasteiger partial charge < -0.3 is 10.6 Å². The number of rotatable bonds is 4. The van der Waals surface area contributed by atoms with Crippen molar-refractivity contribution in [1.82, 2.24) is 10.3 Å². The van der Waals surface area contributed by atoms with E-state index >= 15 is 0 Å². The number of aryl methyl sites for hydroxylation is 2. The molecule has 1 aromatic heterocycles. The van der Waals surface area contributed by atoms with E-state index in [1.165, 1.54) is 0 Å². The number of para-hydroxylation sites is 1. The molecule has 0 radical (unpaired) electrons. The number of carbonyl (C=O) groups is 1. The van der Waals surface area contributed by atoms with E-state index in [0.717, 1.165) is 22.5 Å². The number of pyridine rings is 1. The zero-order valence-corrected chi connectivity index (χ0v) is 15.1. The molecular formula is C18H21N3O3S. The first-order valence-corrected chi connectivity index (χ1v) is 9.97. The normalized spacial score (nSPS) is 18.7. The molecule has 1 aromatic carbocycles. The monoisotopic (exact) mass is 359 g/mol. The molecule has 3 rings (SSSR count). The van der Waals surface area contributed by atoms with E-state index in [2.05, 4.69) is 15.6 Å². The molecule has 1 saturated heterocycles. The zero-order chi connectivity index (χ0) is 18.0. The van der Waals surface area contributed by atoms with Crippen molar-refractivity contribution < 1.29 is 13.2 Å². The molecular weight excluding hydrogens is 338 g/mol. The molecule has 25 heavy (non-hydrogen) atoms.